The maximum absolute atomic E-state index is 5.35. The molecule has 0 aromatic carbocycles. The Bertz CT molecular complexity index is 62.0. The summed E-state index contributed by atoms with van der Waals surface area (Å²) in [6, 6.07) is 1.34. The number of rotatable bonds is 3. The molecule has 0 unspecified atom stereocenters. The first-order valence-corrected chi connectivity index (χ1v) is 13.9. The Morgan fingerprint density at radius 1 is 1.25 bits per heavy atom. The van der Waals surface area contributed by atoms with Crippen LogP contribution in [0.3, 0.4) is 0 Å². The van der Waals surface area contributed by atoms with Gasteiger partial charge in [-0.15, -0.1) is 0 Å². The maximum Gasteiger partial charge on any atom is 0.253 e. The van der Waals surface area contributed by atoms with Gasteiger partial charge in [0.15, 0.2) is 0 Å². The minimum atomic E-state index is -0.848. The van der Waals surface area contributed by atoms with Gasteiger partial charge in [0, 0.05) is 0 Å². The van der Waals surface area contributed by atoms with E-state index in [1.165, 1.54) is 12.5 Å². The third-order valence-electron chi connectivity index (χ3n) is 0.664. The van der Waals surface area contributed by atoms with Crippen LogP contribution in [0.1, 0.15) is 6.42 Å². The molecule has 0 aliphatic heterocycles. The van der Waals surface area contributed by atoms with Gasteiger partial charge in [0.2, 0.25) is 0 Å². The summed E-state index contributed by atoms with van der Waals surface area (Å²) in [5.41, 5.74) is 5.35. The second-order valence-electron chi connectivity index (χ2n) is 1.51. The Morgan fingerprint density at radius 3 is 1.88 bits per heavy atom. The fourth-order valence-corrected chi connectivity index (χ4v) is 4.34. The molecule has 0 aromatic heterocycles. The van der Waals surface area contributed by atoms with Crippen LogP contribution in [-0.4, -0.2) is 7.11 Å². The number of hydrogen-bond acceptors (Lipinski definition) is 1. The largest absolute Gasteiger partial charge is 0.330 e. The van der Waals surface area contributed by atoms with Crippen LogP contribution in [0.4, 0.5) is 0 Å². The Hall–Kier alpha value is 2.37. The molecule has 0 rings (SSSR count). The predicted molar refractivity (Wildman–Crippen MR) is 66.3 cm³/mol. The van der Waals surface area contributed by atoms with Gasteiger partial charge in [-0.05, 0) is 19.0 Å². The minimum Gasteiger partial charge on any atom is -0.330 e. The number of halogens is 3. The van der Waals surface area contributed by atoms with Crippen molar-refractivity contribution in [2.45, 2.75) is 12.5 Å². The lowest BCUT2D eigenvalue weighted by atomic mass is 10.5. The quantitative estimate of drug-likeness (QED) is 0.386. The van der Waals surface area contributed by atoms with Gasteiger partial charge in [-0.1, -0.05) is 65.4 Å². The van der Waals surface area contributed by atoms with Gasteiger partial charge in [-0.25, -0.2) is 0 Å². The summed E-state index contributed by atoms with van der Waals surface area (Å²) in [5, 5.41) is 0. The smallest absolute Gasteiger partial charge is 0.253 e. The summed E-state index contributed by atoms with van der Waals surface area (Å²) in [6.45, 7) is 0.851. The Kier molecular flexibility index (Phi) is 6.58. The fraction of sp³-hybridized carbons (Fsp3) is 1.00. The van der Waals surface area contributed by atoms with Crippen LogP contribution < -0.4 is 5.73 Å². The monoisotopic (exact) mass is 467 g/mol. The van der Waals surface area contributed by atoms with Crippen molar-refractivity contribution in [1.82, 2.24) is 0 Å². The Morgan fingerprint density at radius 2 is 1.75 bits per heavy atom. The lowest BCUT2D eigenvalue weighted by Crippen LogP contribution is -2.08. The topological polar surface area (TPSA) is 26.0 Å². The van der Waals surface area contributed by atoms with Gasteiger partial charge < -0.3 is 5.73 Å². The maximum atomic E-state index is 5.35. The first-order valence-electron chi connectivity index (χ1n) is 2.33. The van der Waals surface area contributed by atoms with Gasteiger partial charge in [0.25, 0.3) is 0.564 Å². The first kappa shape index (κ1) is 10.4. The molecule has 0 fully saturated rings. The van der Waals surface area contributed by atoms with Crippen molar-refractivity contribution >= 4 is 66.0 Å². The van der Waals surface area contributed by atoms with Crippen molar-refractivity contribution in [3.63, 3.8) is 0 Å². The zero-order valence-electron chi connectivity index (χ0n) is 4.33. The van der Waals surface area contributed by atoms with E-state index in [0.29, 0.717) is 0 Å². The normalized spacial score (nSPS) is 12.0. The van der Waals surface area contributed by atoms with E-state index in [2.05, 4.69) is 65.4 Å². The van der Waals surface area contributed by atoms with Gasteiger partial charge >= 0.3 is 0 Å². The molecule has 5 heteroatoms. The molecule has 0 aromatic rings. The van der Waals surface area contributed by atoms with E-state index in [0.717, 1.165) is 6.54 Å². The molecule has 0 saturated carbocycles. The van der Waals surface area contributed by atoms with Crippen molar-refractivity contribution < 1.29 is 0 Å². The van der Waals surface area contributed by atoms with Crippen LogP contribution in [0.5, 0.6) is 0 Å². The molecule has 0 aliphatic rings. The number of hydrogen-bond donors (Lipinski definition) is 1. The molecule has 2 N–H and O–H groups in total. The van der Waals surface area contributed by atoms with Crippen molar-refractivity contribution in [3.8, 4) is 0 Å². The molecule has 0 aliphatic carbocycles. The first-order chi connectivity index (χ1) is 3.56. The van der Waals surface area contributed by atoms with Gasteiger partial charge in [-0.2, -0.15) is 0 Å². The predicted octanol–water partition coefficient (Wildman–Crippen LogP) is 2.58. The van der Waals surface area contributed by atoms with Crippen LogP contribution in [0.15, 0.2) is 0 Å². The van der Waals surface area contributed by atoms with E-state index < -0.39 is 0.564 Å². The Balaban J connectivity index is 3.11. The van der Waals surface area contributed by atoms with Crippen molar-refractivity contribution in [3.05, 3.63) is 0 Å². The average molecular weight is 467 g/mol. The van der Waals surface area contributed by atoms with Gasteiger partial charge in [0.1, 0.15) is 0 Å². The van der Waals surface area contributed by atoms with E-state index in [4.69, 9.17) is 5.73 Å². The second-order valence-corrected chi connectivity index (χ2v) is 38.4. The molecule has 0 spiro atoms. The van der Waals surface area contributed by atoms with E-state index in [9.17, 15) is 0 Å². The zero-order chi connectivity index (χ0) is 6.62. The van der Waals surface area contributed by atoms with Gasteiger partial charge in [0.05, 0.1) is 0 Å². The van der Waals surface area contributed by atoms with Crippen LogP contribution in [0.2, 0.25) is 6.04 Å². The molecule has 0 atom stereocenters. The molecule has 1 nitrogen and oxygen atoms in total. The Labute approximate surface area is 89.2 Å². The molecular formula is C3H8I3NSi. The zero-order valence-corrected chi connectivity index (χ0v) is 11.8. The van der Waals surface area contributed by atoms with Crippen LogP contribution >= 0.6 is 65.4 Å². The van der Waals surface area contributed by atoms with Crippen molar-refractivity contribution in [1.29, 1.82) is 0 Å². The molecule has 50 valence electrons. The van der Waals surface area contributed by atoms with Crippen molar-refractivity contribution in [2.75, 3.05) is 6.54 Å². The lowest BCUT2D eigenvalue weighted by Gasteiger charge is -2.05. The highest BCUT2D eigenvalue weighted by Gasteiger charge is 2.19. The number of nitrogens with two attached hydrogens (primary N) is 1. The van der Waals surface area contributed by atoms with E-state index in [1.54, 1.807) is 0 Å². The molecule has 0 saturated heterocycles. The lowest BCUT2D eigenvalue weighted by molar-refractivity contribution is 0.928. The van der Waals surface area contributed by atoms with Crippen molar-refractivity contribution in [2.24, 2.45) is 5.73 Å². The molecule has 0 radical (unpaired) electrons. The van der Waals surface area contributed by atoms with Crippen LogP contribution in [0, 0.1) is 0 Å². The summed E-state index contributed by atoms with van der Waals surface area (Å²) < 4.78 is -0.848. The highest BCUT2D eigenvalue weighted by atomic mass is 127. The summed E-state index contributed by atoms with van der Waals surface area (Å²) in [7, 11) is 0. The summed E-state index contributed by atoms with van der Waals surface area (Å²) >= 11 is 7.67. The van der Waals surface area contributed by atoms with Crippen LogP contribution in [-0.2, 0) is 0 Å². The fourth-order valence-electron chi connectivity index (χ4n) is 0.303. The molecule has 0 heterocycles. The highest BCUT2D eigenvalue weighted by molar-refractivity contribution is 14.4. The standard InChI is InChI=1S/C3H8I3NSi/c4-8(5,6)3-1-2-7/h1-3,7H2. The van der Waals surface area contributed by atoms with Crippen LogP contribution in [0.25, 0.3) is 0 Å². The third-order valence-corrected chi connectivity index (χ3v) is 6.44. The van der Waals surface area contributed by atoms with Gasteiger partial charge in [-0.3, -0.25) is 0 Å². The third kappa shape index (κ3) is 8.37. The second kappa shape index (κ2) is 5.08. The molecule has 0 bridgehead atoms. The molecular weight excluding hydrogens is 459 g/mol. The average Bonchev–Trinajstić information content (AvgIpc) is 1.59. The molecule has 0 amide bonds. The van der Waals surface area contributed by atoms with E-state index >= 15 is 0 Å². The summed E-state index contributed by atoms with van der Waals surface area (Å²) in [4.78, 5) is 0. The SMILES string of the molecule is NCCC[Si](I)(I)I. The minimum absolute atomic E-state index is 0.848. The van der Waals surface area contributed by atoms with E-state index in [1.807, 2.05) is 0 Å². The summed E-state index contributed by atoms with van der Waals surface area (Å²) in [5.74, 6) is 0. The highest BCUT2D eigenvalue weighted by Crippen LogP contribution is 2.34. The summed E-state index contributed by atoms with van der Waals surface area (Å²) in [6.07, 6.45) is 1.20. The molecule has 8 heavy (non-hydrogen) atoms. The van der Waals surface area contributed by atoms with E-state index in [-0.39, 0.29) is 0 Å².